The maximum Gasteiger partial charge on any atom is 0.130 e. The summed E-state index contributed by atoms with van der Waals surface area (Å²) in [6, 6.07) is 16.1. The number of halogens is 1. The van der Waals surface area contributed by atoms with E-state index < -0.39 is 0 Å². The molecule has 0 unspecified atom stereocenters. The number of Topliss-reactive ketones (excluding diaryl/α,β-unsaturated/α-hetero) is 1. The number of hydrogen-bond donors (Lipinski definition) is 0. The molecule has 0 aliphatic rings. The molecule has 0 aromatic heterocycles. The summed E-state index contributed by atoms with van der Waals surface area (Å²) >= 11 is 5.97. The molecule has 0 saturated carbocycles. The Morgan fingerprint density at radius 3 is 2.39 bits per heavy atom. The fraction of sp³-hybridized carbons (Fsp3) is 0.188. The number of ketones is 1. The smallest absolute Gasteiger partial charge is 0.130 e. The molecule has 1 nitrogen and oxygen atoms in total. The number of rotatable bonds is 4. The van der Waals surface area contributed by atoms with Crippen molar-refractivity contribution in [2.45, 2.75) is 19.8 Å². The van der Waals surface area contributed by atoms with Crippen molar-refractivity contribution in [2.75, 3.05) is 0 Å². The predicted molar refractivity (Wildman–Crippen MR) is 75.9 cm³/mol. The van der Waals surface area contributed by atoms with E-state index in [0.717, 1.165) is 22.6 Å². The minimum absolute atomic E-state index is 0.230. The van der Waals surface area contributed by atoms with Crippen molar-refractivity contribution in [2.24, 2.45) is 0 Å². The molecule has 0 radical (unpaired) electrons. The Labute approximate surface area is 112 Å². The van der Waals surface area contributed by atoms with Crippen LogP contribution in [0.25, 0.3) is 11.1 Å². The van der Waals surface area contributed by atoms with Gasteiger partial charge in [-0.25, -0.2) is 0 Å². The van der Waals surface area contributed by atoms with Crippen molar-refractivity contribution in [3.05, 3.63) is 59.1 Å². The van der Waals surface area contributed by atoms with Gasteiger partial charge in [0.1, 0.15) is 5.78 Å². The molecule has 0 fully saturated rings. The molecule has 2 aromatic carbocycles. The SMILES string of the molecule is CC(=O)CCc1ccc(-c2cccc(Cl)c2)cc1. The summed E-state index contributed by atoms with van der Waals surface area (Å²) in [5.41, 5.74) is 3.45. The highest BCUT2D eigenvalue weighted by Crippen LogP contribution is 2.23. The Hall–Kier alpha value is -1.60. The molecule has 18 heavy (non-hydrogen) atoms. The van der Waals surface area contributed by atoms with Crippen LogP contribution in [0.2, 0.25) is 5.02 Å². The van der Waals surface area contributed by atoms with E-state index >= 15 is 0 Å². The van der Waals surface area contributed by atoms with Gasteiger partial charge in [0.2, 0.25) is 0 Å². The molecule has 0 atom stereocenters. The normalized spacial score (nSPS) is 10.3. The van der Waals surface area contributed by atoms with Gasteiger partial charge >= 0.3 is 0 Å². The van der Waals surface area contributed by atoms with Gasteiger partial charge in [-0.15, -0.1) is 0 Å². The number of carbonyl (C=O) groups is 1. The van der Waals surface area contributed by atoms with Crippen molar-refractivity contribution in [3.8, 4) is 11.1 Å². The standard InChI is InChI=1S/C16H15ClO/c1-12(18)5-6-13-7-9-14(10-8-13)15-3-2-4-16(17)11-15/h2-4,7-11H,5-6H2,1H3. The maximum atomic E-state index is 10.9. The average Bonchev–Trinajstić information content (AvgIpc) is 2.37. The van der Waals surface area contributed by atoms with E-state index in [9.17, 15) is 4.79 Å². The number of carbonyl (C=O) groups excluding carboxylic acids is 1. The van der Waals surface area contributed by atoms with Crippen LogP contribution in [0.4, 0.5) is 0 Å². The zero-order chi connectivity index (χ0) is 13.0. The Morgan fingerprint density at radius 2 is 1.78 bits per heavy atom. The molecule has 0 aliphatic carbocycles. The van der Waals surface area contributed by atoms with Gasteiger partial charge in [0, 0.05) is 11.4 Å². The van der Waals surface area contributed by atoms with Crippen LogP contribution in [-0.4, -0.2) is 5.78 Å². The van der Waals surface area contributed by atoms with Gasteiger partial charge in [-0.2, -0.15) is 0 Å². The topological polar surface area (TPSA) is 17.1 Å². The molecule has 0 bridgehead atoms. The summed E-state index contributed by atoms with van der Waals surface area (Å²) in [7, 11) is 0. The molecule has 0 N–H and O–H groups in total. The van der Waals surface area contributed by atoms with Crippen LogP contribution in [0.1, 0.15) is 18.9 Å². The van der Waals surface area contributed by atoms with E-state index in [-0.39, 0.29) is 5.78 Å². The summed E-state index contributed by atoms with van der Waals surface area (Å²) in [5.74, 6) is 0.230. The molecule has 0 saturated heterocycles. The lowest BCUT2D eigenvalue weighted by Gasteiger charge is -2.04. The minimum atomic E-state index is 0.230. The second kappa shape index (κ2) is 5.83. The van der Waals surface area contributed by atoms with Crippen molar-refractivity contribution in [1.29, 1.82) is 0 Å². The van der Waals surface area contributed by atoms with Gasteiger partial charge < -0.3 is 4.79 Å². The fourth-order valence-electron chi connectivity index (χ4n) is 1.85. The lowest BCUT2D eigenvalue weighted by molar-refractivity contribution is -0.116. The first-order valence-electron chi connectivity index (χ1n) is 5.99. The second-order valence-electron chi connectivity index (χ2n) is 4.41. The molecule has 0 heterocycles. The van der Waals surface area contributed by atoms with Gasteiger partial charge in [-0.3, -0.25) is 0 Å². The van der Waals surface area contributed by atoms with Crippen molar-refractivity contribution in [3.63, 3.8) is 0 Å². The quantitative estimate of drug-likeness (QED) is 0.788. The summed E-state index contributed by atoms with van der Waals surface area (Å²) in [6.07, 6.45) is 1.42. The molecule has 0 spiro atoms. The Kier molecular flexibility index (Phi) is 4.16. The Bertz CT molecular complexity index is 543. The van der Waals surface area contributed by atoms with Crippen LogP contribution < -0.4 is 0 Å². The largest absolute Gasteiger partial charge is 0.300 e. The lowest BCUT2D eigenvalue weighted by Crippen LogP contribution is -1.93. The summed E-state index contributed by atoms with van der Waals surface area (Å²) in [5, 5.41) is 0.744. The highest BCUT2D eigenvalue weighted by molar-refractivity contribution is 6.30. The van der Waals surface area contributed by atoms with Crippen molar-refractivity contribution < 1.29 is 4.79 Å². The summed E-state index contributed by atoms with van der Waals surface area (Å²) < 4.78 is 0. The predicted octanol–water partition coefficient (Wildman–Crippen LogP) is 4.53. The van der Waals surface area contributed by atoms with E-state index in [1.807, 2.05) is 24.3 Å². The van der Waals surface area contributed by atoms with Crippen LogP contribution in [0.15, 0.2) is 48.5 Å². The van der Waals surface area contributed by atoms with Crippen LogP contribution in [0.5, 0.6) is 0 Å². The molecule has 2 rings (SSSR count). The number of hydrogen-bond acceptors (Lipinski definition) is 1. The Morgan fingerprint density at radius 1 is 1.06 bits per heavy atom. The van der Waals surface area contributed by atoms with Crippen molar-refractivity contribution >= 4 is 17.4 Å². The zero-order valence-electron chi connectivity index (χ0n) is 10.3. The fourth-order valence-corrected chi connectivity index (χ4v) is 2.04. The molecular formula is C16H15ClO. The Balaban J connectivity index is 2.14. The third kappa shape index (κ3) is 3.44. The van der Waals surface area contributed by atoms with E-state index in [1.54, 1.807) is 6.92 Å². The van der Waals surface area contributed by atoms with E-state index in [1.165, 1.54) is 5.56 Å². The second-order valence-corrected chi connectivity index (χ2v) is 4.85. The summed E-state index contributed by atoms with van der Waals surface area (Å²) in [6.45, 7) is 1.63. The molecule has 0 amide bonds. The lowest BCUT2D eigenvalue weighted by atomic mass is 10.0. The number of benzene rings is 2. The third-order valence-corrected chi connectivity index (χ3v) is 3.11. The van der Waals surface area contributed by atoms with Gasteiger partial charge in [-0.1, -0.05) is 48.0 Å². The van der Waals surface area contributed by atoms with Crippen molar-refractivity contribution in [1.82, 2.24) is 0 Å². The maximum absolute atomic E-state index is 10.9. The third-order valence-electron chi connectivity index (χ3n) is 2.88. The monoisotopic (exact) mass is 258 g/mol. The molecule has 0 aliphatic heterocycles. The molecule has 92 valence electrons. The minimum Gasteiger partial charge on any atom is -0.300 e. The molecule has 2 heteroatoms. The van der Waals surface area contributed by atoms with E-state index in [2.05, 4.69) is 24.3 Å². The highest BCUT2D eigenvalue weighted by atomic mass is 35.5. The molecular weight excluding hydrogens is 244 g/mol. The molecule has 2 aromatic rings. The van der Waals surface area contributed by atoms with Crippen LogP contribution in [-0.2, 0) is 11.2 Å². The average molecular weight is 259 g/mol. The van der Waals surface area contributed by atoms with Crippen LogP contribution >= 0.6 is 11.6 Å². The van der Waals surface area contributed by atoms with E-state index in [4.69, 9.17) is 11.6 Å². The highest BCUT2D eigenvalue weighted by Gasteiger charge is 2.00. The first-order valence-corrected chi connectivity index (χ1v) is 6.37. The first kappa shape index (κ1) is 12.8. The van der Waals surface area contributed by atoms with Crippen LogP contribution in [0, 0.1) is 0 Å². The van der Waals surface area contributed by atoms with Gasteiger partial charge in [-0.05, 0) is 42.2 Å². The first-order chi connectivity index (χ1) is 8.65. The number of aryl methyl sites for hydroxylation is 1. The van der Waals surface area contributed by atoms with Gasteiger partial charge in [0.25, 0.3) is 0 Å². The summed E-state index contributed by atoms with van der Waals surface area (Å²) in [4.78, 5) is 10.9. The van der Waals surface area contributed by atoms with E-state index in [0.29, 0.717) is 6.42 Å². The van der Waals surface area contributed by atoms with Crippen LogP contribution in [0.3, 0.4) is 0 Å². The van der Waals surface area contributed by atoms with Gasteiger partial charge in [0.05, 0.1) is 0 Å². The van der Waals surface area contributed by atoms with Gasteiger partial charge in [0.15, 0.2) is 0 Å². The zero-order valence-corrected chi connectivity index (χ0v) is 11.1.